The smallest absolute Gasteiger partial charge is 0.240 e. The van der Waals surface area contributed by atoms with Gasteiger partial charge >= 0.3 is 0 Å². The van der Waals surface area contributed by atoms with E-state index in [1.54, 1.807) is 12.3 Å². The van der Waals surface area contributed by atoms with Crippen LogP contribution in [-0.2, 0) is 6.54 Å². The summed E-state index contributed by atoms with van der Waals surface area (Å²) in [5.74, 6) is 1.92. The zero-order valence-corrected chi connectivity index (χ0v) is 14.3. The average Bonchev–Trinajstić information content (AvgIpc) is 3.23. The topological polar surface area (TPSA) is 67.3 Å². The lowest BCUT2D eigenvalue weighted by Gasteiger charge is -2.22. The van der Waals surface area contributed by atoms with Crippen LogP contribution >= 0.6 is 11.6 Å². The molecule has 0 unspecified atom stereocenters. The molecule has 0 bridgehead atoms. The van der Waals surface area contributed by atoms with Crippen molar-refractivity contribution in [2.24, 2.45) is 0 Å². The second-order valence-electron chi connectivity index (χ2n) is 5.62. The molecule has 0 aliphatic carbocycles. The molecule has 0 saturated heterocycles. The van der Waals surface area contributed by atoms with Gasteiger partial charge in [-0.25, -0.2) is 0 Å². The van der Waals surface area contributed by atoms with Gasteiger partial charge in [-0.3, -0.25) is 4.90 Å². The standard InChI is InChI=1S/C17H19ClN4O2/c1-22(2)14(15-8-5-9-23-15)10-19-11-16-20-17(21-24-16)12-6-3-4-7-13(12)18/h3-9,14,19H,10-11H2,1-2H3/t14-/m0/s1. The maximum absolute atomic E-state index is 6.15. The Labute approximate surface area is 145 Å². The molecule has 1 aromatic carbocycles. The highest BCUT2D eigenvalue weighted by molar-refractivity contribution is 6.33. The summed E-state index contributed by atoms with van der Waals surface area (Å²) in [5.41, 5.74) is 0.760. The molecule has 0 amide bonds. The number of rotatable bonds is 7. The Morgan fingerprint density at radius 2 is 2.04 bits per heavy atom. The first-order chi connectivity index (χ1) is 11.6. The summed E-state index contributed by atoms with van der Waals surface area (Å²) in [5, 5.41) is 7.91. The highest BCUT2D eigenvalue weighted by Gasteiger charge is 2.17. The summed E-state index contributed by atoms with van der Waals surface area (Å²) in [6.07, 6.45) is 1.68. The van der Waals surface area contributed by atoms with Crippen LogP contribution in [0.1, 0.15) is 17.7 Å². The van der Waals surface area contributed by atoms with E-state index in [0.29, 0.717) is 29.8 Å². The summed E-state index contributed by atoms with van der Waals surface area (Å²) in [7, 11) is 4.02. The SMILES string of the molecule is CN(C)[C@@H](CNCc1nc(-c2ccccc2Cl)no1)c1ccco1. The average molecular weight is 347 g/mol. The molecule has 24 heavy (non-hydrogen) atoms. The van der Waals surface area contributed by atoms with Crippen LogP contribution in [-0.4, -0.2) is 35.7 Å². The van der Waals surface area contributed by atoms with Gasteiger partial charge in [-0.05, 0) is 38.4 Å². The molecule has 0 fully saturated rings. The first-order valence-corrected chi connectivity index (χ1v) is 8.01. The van der Waals surface area contributed by atoms with Gasteiger partial charge in [-0.2, -0.15) is 4.98 Å². The summed E-state index contributed by atoms with van der Waals surface area (Å²) < 4.78 is 10.8. The molecule has 3 rings (SSSR count). The van der Waals surface area contributed by atoms with Crippen molar-refractivity contribution >= 4 is 11.6 Å². The van der Waals surface area contributed by atoms with E-state index in [4.69, 9.17) is 20.5 Å². The minimum atomic E-state index is 0.131. The molecule has 2 aromatic heterocycles. The van der Waals surface area contributed by atoms with Crippen LogP contribution < -0.4 is 5.32 Å². The van der Waals surface area contributed by atoms with Gasteiger partial charge in [0.15, 0.2) is 0 Å². The van der Waals surface area contributed by atoms with Crippen molar-refractivity contribution in [1.82, 2.24) is 20.4 Å². The van der Waals surface area contributed by atoms with E-state index in [9.17, 15) is 0 Å². The summed E-state index contributed by atoms with van der Waals surface area (Å²) in [6.45, 7) is 1.17. The van der Waals surface area contributed by atoms with Crippen LogP contribution in [0.5, 0.6) is 0 Å². The fraction of sp³-hybridized carbons (Fsp3) is 0.294. The lowest BCUT2D eigenvalue weighted by atomic mass is 10.2. The Morgan fingerprint density at radius 1 is 1.21 bits per heavy atom. The number of nitrogens with zero attached hydrogens (tertiary/aromatic N) is 3. The van der Waals surface area contributed by atoms with E-state index in [-0.39, 0.29) is 6.04 Å². The van der Waals surface area contributed by atoms with Crippen LogP contribution in [0, 0.1) is 0 Å². The van der Waals surface area contributed by atoms with Crippen LogP contribution in [0.2, 0.25) is 5.02 Å². The van der Waals surface area contributed by atoms with E-state index in [0.717, 1.165) is 11.3 Å². The predicted molar refractivity (Wildman–Crippen MR) is 91.6 cm³/mol. The molecular weight excluding hydrogens is 328 g/mol. The minimum absolute atomic E-state index is 0.131. The Hall–Kier alpha value is -2.15. The molecular formula is C17H19ClN4O2. The monoisotopic (exact) mass is 346 g/mol. The molecule has 2 heterocycles. The van der Waals surface area contributed by atoms with Crippen molar-refractivity contribution < 1.29 is 8.94 Å². The van der Waals surface area contributed by atoms with E-state index in [1.165, 1.54) is 0 Å². The van der Waals surface area contributed by atoms with Gasteiger partial charge in [0, 0.05) is 12.1 Å². The molecule has 1 N–H and O–H groups in total. The first-order valence-electron chi connectivity index (χ1n) is 7.63. The minimum Gasteiger partial charge on any atom is -0.468 e. The lowest BCUT2D eigenvalue weighted by molar-refractivity contribution is 0.246. The molecule has 3 aromatic rings. The summed E-state index contributed by atoms with van der Waals surface area (Å²) in [4.78, 5) is 6.48. The van der Waals surface area contributed by atoms with Crippen LogP contribution in [0.3, 0.4) is 0 Å². The van der Waals surface area contributed by atoms with Crippen LogP contribution in [0.15, 0.2) is 51.6 Å². The van der Waals surface area contributed by atoms with Gasteiger partial charge in [0.25, 0.3) is 0 Å². The van der Waals surface area contributed by atoms with Gasteiger partial charge in [-0.1, -0.05) is 28.9 Å². The fourth-order valence-corrected chi connectivity index (χ4v) is 2.63. The maximum atomic E-state index is 6.15. The van der Waals surface area contributed by atoms with Crippen molar-refractivity contribution in [3.63, 3.8) is 0 Å². The number of hydrogen-bond acceptors (Lipinski definition) is 6. The number of hydrogen-bond donors (Lipinski definition) is 1. The number of furan rings is 1. The summed E-state index contributed by atoms with van der Waals surface area (Å²) in [6, 6.07) is 11.4. The van der Waals surface area contributed by atoms with Crippen LogP contribution in [0.4, 0.5) is 0 Å². The van der Waals surface area contributed by atoms with E-state index >= 15 is 0 Å². The number of benzene rings is 1. The van der Waals surface area contributed by atoms with Gasteiger partial charge in [-0.15, -0.1) is 0 Å². The Morgan fingerprint density at radius 3 is 2.75 bits per heavy atom. The first kappa shape index (κ1) is 16.7. The molecule has 0 aliphatic heterocycles. The third-order valence-electron chi connectivity index (χ3n) is 3.69. The highest BCUT2D eigenvalue weighted by atomic mass is 35.5. The van der Waals surface area contributed by atoms with Crippen molar-refractivity contribution in [1.29, 1.82) is 0 Å². The largest absolute Gasteiger partial charge is 0.468 e. The molecule has 1 atom stereocenters. The Balaban J connectivity index is 1.60. The molecule has 0 saturated carbocycles. The Bertz CT molecular complexity index is 771. The summed E-state index contributed by atoms with van der Waals surface area (Å²) >= 11 is 6.15. The van der Waals surface area contributed by atoms with Gasteiger partial charge < -0.3 is 14.3 Å². The fourth-order valence-electron chi connectivity index (χ4n) is 2.41. The zero-order valence-electron chi connectivity index (χ0n) is 13.6. The molecule has 0 aliphatic rings. The van der Waals surface area contributed by atoms with Crippen molar-refractivity contribution in [2.75, 3.05) is 20.6 Å². The predicted octanol–water partition coefficient (Wildman–Crippen LogP) is 3.38. The Kier molecular flexibility index (Phi) is 5.30. The van der Waals surface area contributed by atoms with E-state index in [1.807, 2.05) is 44.4 Å². The second kappa shape index (κ2) is 7.61. The number of halogens is 1. The van der Waals surface area contributed by atoms with Crippen molar-refractivity contribution in [3.05, 3.63) is 59.3 Å². The van der Waals surface area contributed by atoms with Crippen molar-refractivity contribution in [3.8, 4) is 11.4 Å². The van der Waals surface area contributed by atoms with Crippen LogP contribution in [0.25, 0.3) is 11.4 Å². The number of aromatic nitrogens is 2. The van der Waals surface area contributed by atoms with Gasteiger partial charge in [0.1, 0.15) is 5.76 Å². The second-order valence-corrected chi connectivity index (χ2v) is 6.02. The van der Waals surface area contributed by atoms with Gasteiger partial charge in [0.2, 0.25) is 11.7 Å². The van der Waals surface area contributed by atoms with E-state index < -0.39 is 0 Å². The molecule has 0 spiro atoms. The van der Waals surface area contributed by atoms with Gasteiger partial charge in [0.05, 0.1) is 23.9 Å². The van der Waals surface area contributed by atoms with Crippen molar-refractivity contribution in [2.45, 2.75) is 12.6 Å². The third-order valence-corrected chi connectivity index (χ3v) is 4.02. The quantitative estimate of drug-likeness (QED) is 0.707. The van der Waals surface area contributed by atoms with E-state index in [2.05, 4.69) is 20.4 Å². The lowest BCUT2D eigenvalue weighted by Crippen LogP contribution is -2.30. The zero-order chi connectivity index (χ0) is 16.9. The number of likely N-dealkylation sites (N-methyl/N-ethyl adjacent to an activating group) is 1. The molecule has 0 radical (unpaired) electrons. The third kappa shape index (κ3) is 3.84. The normalized spacial score (nSPS) is 12.7. The molecule has 7 heteroatoms. The maximum Gasteiger partial charge on any atom is 0.240 e. The molecule has 6 nitrogen and oxygen atoms in total. The highest BCUT2D eigenvalue weighted by Crippen LogP contribution is 2.24. The number of nitrogens with one attached hydrogen (secondary N) is 1. The molecule has 126 valence electrons.